The molecule has 2 aromatic rings. The number of anilines is 1. The Morgan fingerprint density at radius 2 is 2.05 bits per heavy atom. The van der Waals surface area contributed by atoms with Crippen LogP contribution in [-0.2, 0) is 4.79 Å². The van der Waals surface area contributed by atoms with E-state index in [-0.39, 0.29) is 17.8 Å². The molecule has 1 aliphatic carbocycles. The Kier molecular flexibility index (Phi) is 3.00. The Bertz CT molecular complexity index is 663. The van der Waals surface area contributed by atoms with E-state index in [4.69, 9.17) is 10.8 Å². The second-order valence-corrected chi connectivity index (χ2v) is 5.05. The van der Waals surface area contributed by atoms with Crippen molar-refractivity contribution in [2.45, 2.75) is 31.7 Å². The number of hydrogen-bond donors (Lipinski definition) is 2. The lowest BCUT2D eigenvalue weighted by molar-refractivity contribution is -0.143. The summed E-state index contributed by atoms with van der Waals surface area (Å²) >= 11 is 0. The highest BCUT2D eigenvalue weighted by Crippen LogP contribution is 2.34. The molecule has 8 heteroatoms. The van der Waals surface area contributed by atoms with Crippen molar-refractivity contribution in [3.63, 3.8) is 0 Å². The van der Waals surface area contributed by atoms with Gasteiger partial charge in [0.15, 0.2) is 11.5 Å². The van der Waals surface area contributed by atoms with E-state index < -0.39 is 12.0 Å². The molecule has 0 unspecified atom stereocenters. The Labute approximate surface area is 113 Å². The molecule has 1 fully saturated rings. The summed E-state index contributed by atoms with van der Waals surface area (Å²) in [6.45, 7) is 0. The topological polar surface area (TPSA) is 107 Å². The molecule has 3 N–H and O–H groups in total. The van der Waals surface area contributed by atoms with Crippen molar-refractivity contribution < 1.29 is 14.3 Å². The number of carboxylic acid groups (broad SMARTS) is 1. The van der Waals surface area contributed by atoms with Crippen LogP contribution in [0.1, 0.15) is 31.7 Å². The number of imidazole rings is 1. The van der Waals surface area contributed by atoms with Crippen LogP contribution in [0, 0.1) is 12.0 Å². The third-order valence-corrected chi connectivity index (χ3v) is 3.86. The van der Waals surface area contributed by atoms with E-state index in [1.165, 1.54) is 0 Å². The summed E-state index contributed by atoms with van der Waals surface area (Å²) in [5, 5.41) is 8.99. The van der Waals surface area contributed by atoms with Gasteiger partial charge in [-0.2, -0.15) is 14.4 Å². The number of carbonyl (C=O) groups is 1. The zero-order chi connectivity index (χ0) is 14.3. The van der Waals surface area contributed by atoms with Crippen molar-refractivity contribution in [3.05, 3.63) is 12.4 Å². The van der Waals surface area contributed by atoms with Gasteiger partial charge in [-0.1, -0.05) is 0 Å². The molecule has 106 valence electrons. The van der Waals surface area contributed by atoms with E-state index in [2.05, 4.69) is 15.0 Å². The zero-order valence-corrected chi connectivity index (χ0v) is 10.7. The molecule has 0 aliphatic heterocycles. The highest BCUT2D eigenvalue weighted by molar-refractivity contribution is 5.81. The summed E-state index contributed by atoms with van der Waals surface area (Å²) in [4.78, 5) is 22.3. The smallest absolute Gasteiger partial charge is 0.312 e. The largest absolute Gasteiger partial charge is 0.481 e. The molecule has 20 heavy (non-hydrogen) atoms. The number of aromatic nitrogens is 4. The van der Waals surface area contributed by atoms with Crippen molar-refractivity contribution in [1.82, 2.24) is 19.5 Å². The summed E-state index contributed by atoms with van der Waals surface area (Å²) in [5.74, 6) is -1.03. The fourth-order valence-corrected chi connectivity index (χ4v) is 2.78. The monoisotopic (exact) mass is 279 g/mol. The van der Waals surface area contributed by atoms with Crippen LogP contribution in [0.25, 0.3) is 11.2 Å². The molecule has 1 aliphatic rings. The minimum atomic E-state index is -0.879. The van der Waals surface area contributed by atoms with Crippen LogP contribution < -0.4 is 5.73 Å². The summed E-state index contributed by atoms with van der Waals surface area (Å²) in [7, 11) is 0. The first kappa shape index (κ1) is 12.8. The zero-order valence-electron chi connectivity index (χ0n) is 10.7. The van der Waals surface area contributed by atoms with Crippen LogP contribution in [0.2, 0.25) is 0 Å². The van der Waals surface area contributed by atoms with Gasteiger partial charge in [-0.05, 0) is 25.7 Å². The highest BCUT2D eigenvalue weighted by Gasteiger charge is 2.28. The van der Waals surface area contributed by atoms with Crippen molar-refractivity contribution in [3.8, 4) is 0 Å². The third kappa shape index (κ3) is 2.06. The second-order valence-electron chi connectivity index (χ2n) is 5.05. The van der Waals surface area contributed by atoms with Gasteiger partial charge in [-0.15, -0.1) is 0 Å². The van der Waals surface area contributed by atoms with Crippen molar-refractivity contribution >= 4 is 23.0 Å². The predicted molar refractivity (Wildman–Crippen MR) is 68.3 cm³/mol. The molecular weight excluding hydrogens is 265 g/mol. The Balaban J connectivity index is 1.90. The van der Waals surface area contributed by atoms with Crippen molar-refractivity contribution in [2.24, 2.45) is 5.92 Å². The number of aliphatic carboxylic acids is 1. The molecule has 0 amide bonds. The Morgan fingerprint density at radius 3 is 2.70 bits per heavy atom. The van der Waals surface area contributed by atoms with Crippen LogP contribution in [0.3, 0.4) is 0 Å². The first-order valence-corrected chi connectivity index (χ1v) is 6.44. The van der Waals surface area contributed by atoms with E-state index in [1.807, 2.05) is 0 Å². The maximum Gasteiger partial charge on any atom is 0.312 e. The molecule has 0 bridgehead atoms. The van der Waals surface area contributed by atoms with Crippen LogP contribution >= 0.6 is 0 Å². The summed E-state index contributed by atoms with van der Waals surface area (Å²) in [6, 6.07) is 0.0734. The van der Waals surface area contributed by atoms with Gasteiger partial charge >= 0.3 is 12.0 Å². The molecule has 0 atom stereocenters. The van der Waals surface area contributed by atoms with Crippen LogP contribution in [0.4, 0.5) is 10.2 Å². The average Bonchev–Trinajstić information content (AvgIpc) is 2.82. The summed E-state index contributed by atoms with van der Waals surface area (Å²) < 4.78 is 15.0. The van der Waals surface area contributed by atoms with Gasteiger partial charge in [0.05, 0.1) is 12.2 Å². The molecule has 2 aromatic heterocycles. The van der Waals surface area contributed by atoms with Gasteiger partial charge < -0.3 is 15.4 Å². The standard InChI is InChI=1S/C12H14FN5O2/c13-12-16-9(14)8-10(17-12)18(5-15-8)7-3-1-6(2-4-7)11(19)20/h5-7H,1-4H2,(H,19,20)(H2,14,16,17). The van der Waals surface area contributed by atoms with Gasteiger partial charge in [-0.25, -0.2) is 4.98 Å². The molecular formula is C12H14FN5O2. The van der Waals surface area contributed by atoms with Gasteiger partial charge in [0, 0.05) is 6.04 Å². The Hall–Kier alpha value is -2.25. The fourth-order valence-electron chi connectivity index (χ4n) is 2.78. The first-order valence-electron chi connectivity index (χ1n) is 6.44. The lowest BCUT2D eigenvalue weighted by Gasteiger charge is -2.27. The number of nitrogen functional groups attached to an aromatic ring is 1. The van der Waals surface area contributed by atoms with E-state index in [9.17, 15) is 9.18 Å². The minimum absolute atomic E-state index is 0.0190. The van der Waals surface area contributed by atoms with E-state index >= 15 is 0 Å². The molecule has 0 aromatic carbocycles. The lowest BCUT2D eigenvalue weighted by Crippen LogP contribution is -2.23. The number of carboxylic acids is 1. The third-order valence-electron chi connectivity index (χ3n) is 3.86. The minimum Gasteiger partial charge on any atom is -0.481 e. The SMILES string of the molecule is Nc1nc(F)nc2c1ncn2C1CCC(C(=O)O)CC1. The van der Waals surface area contributed by atoms with Crippen LogP contribution in [0.5, 0.6) is 0 Å². The van der Waals surface area contributed by atoms with Gasteiger partial charge in [0.25, 0.3) is 0 Å². The summed E-state index contributed by atoms with van der Waals surface area (Å²) in [5.41, 5.74) is 6.37. The fraction of sp³-hybridized carbons (Fsp3) is 0.500. The predicted octanol–water partition coefficient (Wildman–Crippen LogP) is 1.36. The Morgan fingerprint density at radius 1 is 1.35 bits per heavy atom. The number of hydrogen-bond acceptors (Lipinski definition) is 5. The highest BCUT2D eigenvalue weighted by atomic mass is 19.1. The number of halogens is 1. The molecule has 1 saturated carbocycles. The van der Waals surface area contributed by atoms with Gasteiger partial charge in [0.1, 0.15) is 5.52 Å². The molecule has 2 heterocycles. The van der Waals surface area contributed by atoms with Gasteiger partial charge in [-0.3, -0.25) is 4.79 Å². The number of rotatable bonds is 2. The molecule has 0 saturated heterocycles. The molecule has 7 nitrogen and oxygen atoms in total. The lowest BCUT2D eigenvalue weighted by atomic mass is 9.86. The summed E-state index contributed by atoms with van der Waals surface area (Å²) in [6.07, 6.45) is 3.30. The van der Waals surface area contributed by atoms with Gasteiger partial charge in [0.2, 0.25) is 0 Å². The maximum atomic E-state index is 13.3. The van der Waals surface area contributed by atoms with Crippen molar-refractivity contribution in [1.29, 1.82) is 0 Å². The average molecular weight is 279 g/mol. The van der Waals surface area contributed by atoms with E-state index in [1.54, 1.807) is 10.9 Å². The number of fused-ring (bicyclic) bond motifs is 1. The van der Waals surface area contributed by atoms with Crippen LogP contribution in [-0.4, -0.2) is 30.6 Å². The number of nitrogens with two attached hydrogens (primary N) is 1. The molecule has 3 rings (SSSR count). The molecule has 0 spiro atoms. The van der Waals surface area contributed by atoms with E-state index in [0.717, 1.165) is 0 Å². The quantitative estimate of drug-likeness (QED) is 0.804. The first-order chi connectivity index (χ1) is 9.56. The maximum absolute atomic E-state index is 13.3. The number of nitrogens with zero attached hydrogens (tertiary/aromatic N) is 4. The second kappa shape index (κ2) is 4.69. The van der Waals surface area contributed by atoms with E-state index in [0.29, 0.717) is 36.8 Å². The molecule has 0 radical (unpaired) electrons. The normalized spacial score (nSPS) is 23.1. The van der Waals surface area contributed by atoms with Crippen LogP contribution in [0.15, 0.2) is 6.33 Å². The van der Waals surface area contributed by atoms with Crippen molar-refractivity contribution in [2.75, 3.05) is 5.73 Å².